The molecule has 0 bridgehead atoms. The molecule has 0 heterocycles. The van der Waals surface area contributed by atoms with Gasteiger partial charge in [0.05, 0.1) is 5.76 Å². The Balaban J connectivity index is 5.54. The fourth-order valence-electron chi connectivity index (χ4n) is 1.88. The Labute approximate surface area is 152 Å². The summed E-state index contributed by atoms with van der Waals surface area (Å²) in [4.78, 5) is 0. The number of allylic oxidation sites excluding steroid dienone is 3. The lowest BCUT2D eigenvalue weighted by molar-refractivity contribution is -0.0740. The number of hydrogen-bond acceptors (Lipinski definition) is 4. The second-order valence-electron chi connectivity index (χ2n) is 8.79. The van der Waals surface area contributed by atoms with E-state index in [1.54, 1.807) is 0 Å². The van der Waals surface area contributed by atoms with Crippen LogP contribution in [0.4, 0.5) is 0 Å². The number of hydrogen-bond donors (Lipinski definition) is 0. The Morgan fingerprint density at radius 3 is 1.67 bits per heavy atom. The average molecular weight is 391 g/mol. The molecule has 0 fully saturated rings. The van der Waals surface area contributed by atoms with Crippen LogP contribution in [0, 0.1) is 0 Å². The normalized spacial score (nSPS) is 16.1. The summed E-state index contributed by atoms with van der Waals surface area (Å²) in [6, 6.07) is 0. The summed E-state index contributed by atoms with van der Waals surface area (Å²) in [7, 11) is -5.15. The molecule has 1 atom stereocenters. The van der Waals surface area contributed by atoms with Crippen molar-refractivity contribution in [1.82, 2.24) is 0 Å². The van der Waals surface area contributed by atoms with E-state index >= 15 is 0 Å². The first-order chi connectivity index (χ1) is 10.6. The Kier molecular flexibility index (Phi) is 9.24. The van der Waals surface area contributed by atoms with Gasteiger partial charge in [0.1, 0.15) is 5.76 Å². The highest BCUT2D eigenvalue weighted by atomic mass is 28.4. The zero-order valence-corrected chi connectivity index (χ0v) is 20.6. The van der Waals surface area contributed by atoms with Crippen LogP contribution in [0.15, 0.2) is 23.7 Å². The molecule has 0 aromatic carbocycles. The molecule has 0 aromatic heterocycles. The largest absolute Gasteiger partial charge is 0.548 e. The Bertz CT molecular complexity index is 440. The first kappa shape index (κ1) is 23.7. The third kappa shape index (κ3) is 13.0. The molecule has 7 heteroatoms. The summed E-state index contributed by atoms with van der Waals surface area (Å²) < 4.78 is 24.3. The van der Waals surface area contributed by atoms with Gasteiger partial charge in [-0.1, -0.05) is 0 Å². The van der Waals surface area contributed by atoms with Crippen LogP contribution in [-0.2, 0) is 18.0 Å². The van der Waals surface area contributed by atoms with Crippen molar-refractivity contribution >= 4 is 25.0 Å². The third-order valence-electron chi connectivity index (χ3n) is 2.38. The van der Waals surface area contributed by atoms with E-state index in [-0.39, 0.29) is 0 Å². The second kappa shape index (κ2) is 9.38. The van der Waals surface area contributed by atoms with Gasteiger partial charge in [-0.15, -0.1) is 0 Å². The summed E-state index contributed by atoms with van der Waals surface area (Å²) in [6.07, 6.45) is 3.46. The monoisotopic (exact) mass is 390 g/mol. The molecule has 0 aliphatic heterocycles. The van der Waals surface area contributed by atoms with Crippen molar-refractivity contribution < 1.29 is 18.0 Å². The molecule has 4 nitrogen and oxygen atoms in total. The average Bonchev–Trinajstić information content (AvgIpc) is 2.28. The van der Waals surface area contributed by atoms with E-state index in [0.29, 0.717) is 6.61 Å². The third-order valence-corrected chi connectivity index (χ3v) is 5.09. The molecule has 0 aliphatic rings. The van der Waals surface area contributed by atoms with Crippen molar-refractivity contribution in [3.05, 3.63) is 23.7 Å². The van der Waals surface area contributed by atoms with E-state index in [9.17, 15) is 0 Å². The maximum Gasteiger partial charge on any atom is 0.242 e. The van der Waals surface area contributed by atoms with Crippen LogP contribution >= 0.6 is 0 Å². The molecule has 0 radical (unpaired) electrons. The molecule has 0 aromatic rings. The van der Waals surface area contributed by atoms with Crippen LogP contribution in [0.2, 0.25) is 58.9 Å². The van der Waals surface area contributed by atoms with Gasteiger partial charge in [0.2, 0.25) is 22.9 Å². The van der Waals surface area contributed by atoms with Gasteiger partial charge in [0.25, 0.3) is 0 Å². The van der Waals surface area contributed by atoms with Gasteiger partial charge in [-0.3, -0.25) is 0 Å². The fourth-order valence-corrected chi connectivity index (χ4v) is 4.61. The van der Waals surface area contributed by atoms with E-state index in [0.717, 1.165) is 11.5 Å². The van der Waals surface area contributed by atoms with Gasteiger partial charge in [0.15, 0.2) is 8.32 Å². The number of ether oxygens (including phenoxy) is 1. The minimum absolute atomic E-state index is 0.454. The molecule has 0 saturated carbocycles. The van der Waals surface area contributed by atoms with Gasteiger partial charge in [-0.25, -0.2) is 0 Å². The van der Waals surface area contributed by atoms with Gasteiger partial charge in [-0.2, -0.15) is 0 Å². The van der Waals surface area contributed by atoms with Gasteiger partial charge in [0, 0.05) is 6.61 Å². The molecule has 0 N–H and O–H groups in total. The highest BCUT2D eigenvalue weighted by Crippen LogP contribution is 2.21. The minimum Gasteiger partial charge on any atom is -0.548 e. The summed E-state index contributed by atoms with van der Waals surface area (Å²) >= 11 is 0. The summed E-state index contributed by atoms with van der Waals surface area (Å²) in [5, 5.41) is 0. The molecular formula is C17H38O4Si3. The molecule has 24 heavy (non-hydrogen) atoms. The predicted molar refractivity (Wildman–Crippen MR) is 111 cm³/mol. The summed E-state index contributed by atoms with van der Waals surface area (Å²) in [5.74, 6) is 1.64. The standard InChI is InChI=1S/C17H38O4Si3/c1-12-18-17(21-24(9,10)11)16(20-23(6,7)8)14-13-15(2)19-22(3,4)5/h13-14,17H,12H2,1-11H3/b15-13+,16-14-. The van der Waals surface area contributed by atoms with Gasteiger partial charge in [-0.05, 0) is 84.9 Å². The van der Waals surface area contributed by atoms with E-state index < -0.39 is 31.2 Å². The first-order valence-electron chi connectivity index (χ1n) is 8.69. The van der Waals surface area contributed by atoms with Crippen molar-refractivity contribution in [2.75, 3.05) is 6.61 Å². The Hall–Kier alpha value is -0.349. The van der Waals surface area contributed by atoms with Crippen molar-refractivity contribution in [3.8, 4) is 0 Å². The van der Waals surface area contributed by atoms with Gasteiger partial charge < -0.3 is 18.0 Å². The lowest BCUT2D eigenvalue weighted by Gasteiger charge is -2.31. The zero-order chi connectivity index (χ0) is 19.2. The first-order valence-corrected chi connectivity index (χ1v) is 18.9. The SMILES string of the molecule is CCOC(O[Si](C)(C)C)/C(=C/C=C(\C)O[Si](C)(C)C)O[Si](C)(C)C. The summed E-state index contributed by atoms with van der Waals surface area (Å²) in [6.45, 7) is 24.0. The fraction of sp³-hybridized carbons (Fsp3) is 0.765. The lowest BCUT2D eigenvalue weighted by atomic mass is 10.4. The molecule has 0 amide bonds. The van der Waals surface area contributed by atoms with Crippen LogP contribution in [-0.4, -0.2) is 37.8 Å². The quantitative estimate of drug-likeness (QED) is 0.208. The van der Waals surface area contributed by atoms with Crippen molar-refractivity contribution in [2.45, 2.75) is 79.1 Å². The Morgan fingerprint density at radius 2 is 1.29 bits per heavy atom. The molecule has 0 aliphatic carbocycles. The van der Waals surface area contributed by atoms with Crippen molar-refractivity contribution in [1.29, 1.82) is 0 Å². The van der Waals surface area contributed by atoms with Crippen LogP contribution in [0.1, 0.15) is 13.8 Å². The van der Waals surface area contributed by atoms with Crippen LogP contribution in [0.5, 0.6) is 0 Å². The summed E-state index contributed by atoms with van der Waals surface area (Å²) in [5.41, 5.74) is 0. The molecular weight excluding hydrogens is 352 g/mol. The topological polar surface area (TPSA) is 36.9 Å². The van der Waals surface area contributed by atoms with E-state index in [2.05, 4.69) is 58.9 Å². The Morgan fingerprint density at radius 1 is 0.792 bits per heavy atom. The van der Waals surface area contributed by atoms with Crippen molar-refractivity contribution in [3.63, 3.8) is 0 Å². The van der Waals surface area contributed by atoms with E-state index in [1.165, 1.54) is 0 Å². The van der Waals surface area contributed by atoms with Crippen LogP contribution in [0.3, 0.4) is 0 Å². The smallest absolute Gasteiger partial charge is 0.242 e. The minimum atomic E-state index is -1.78. The van der Waals surface area contributed by atoms with E-state index in [1.807, 2.05) is 26.0 Å². The van der Waals surface area contributed by atoms with Crippen LogP contribution < -0.4 is 0 Å². The van der Waals surface area contributed by atoms with Crippen molar-refractivity contribution in [2.24, 2.45) is 0 Å². The molecule has 1 unspecified atom stereocenters. The van der Waals surface area contributed by atoms with Crippen LogP contribution in [0.25, 0.3) is 0 Å². The predicted octanol–water partition coefficient (Wildman–Crippen LogP) is 5.69. The molecule has 0 spiro atoms. The van der Waals surface area contributed by atoms with E-state index in [4.69, 9.17) is 18.0 Å². The second-order valence-corrected chi connectivity index (χ2v) is 22.1. The molecule has 0 saturated heterocycles. The number of rotatable bonds is 10. The highest BCUT2D eigenvalue weighted by Gasteiger charge is 2.28. The zero-order valence-electron chi connectivity index (χ0n) is 17.6. The maximum absolute atomic E-state index is 6.26. The maximum atomic E-state index is 6.26. The lowest BCUT2D eigenvalue weighted by Crippen LogP contribution is -2.38. The highest BCUT2D eigenvalue weighted by molar-refractivity contribution is 6.70. The molecule has 142 valence electrons. The molecule has 0 rings (SSSR count). The van der Waals surface area contributed by atoms with Gasteiger partial charge >= 0.3 is 0 Å².